The zero-order valence-electron chi connectivity index (χ0n) is 22.3. The van der Waals surface area contributed by atoms with Crippen molar-refractivity contribution in [3.05, 3.63) is 83.9 Å². The average molecular weight is 546 g/mol. The average Bonchev–Trinajstić information content (AvgIpc) is 3.60. The van der Waals surface area contributed by atoms with Crippen LogP contribution in [0, 0.1) is 6.92 Å². The van der Waals surface area contributed by atoms with Gasteiger partial charge >= 0.3 is 0 Å². The number of nitrogens with zero attached hydrogens (tertiary/aromatic N) is 3. The van der Waals surface area contributed by atoms with Crippen molar-refractivity contribution in [1.82, 2.24) is 19.9 Å². The van der Waals surface area contributed by atoms with E-state index in [1.54, 1.807) is 6.20 Å². The van der Waals surface area contributed by atoms with E-state index in [-0.39, 0.29) is 17.4 Å². The van der Waals surface area contributed by atoms with E-state index in [0.29, 0.717) is 24.4 Å². The van der Waals surface area contributed by atoms with Gasteiger partial charge < -0.3 is 30.7 Å². The smallest absolute Gasteiger partial charge is 0.291 e. The van der Waals surface area contributed by atoms with Crippen molar-refractivity contribution >= 4 is 56.0 Å². The maximum Gasteiger partial charge on any atom is 0.291 e. The van der Waals surface area contributed by atoms with E-state index in [1.807, 2.05) is 49.4 Å². The minimum atomic E-state index is -0.606. The van der Waals surface area contributed by atoms with E-state index in [2.05, 4.69) is 48.4 Å². The van der Waals surface area contributed by atoms with Crippen LogP contribution in [-0.2, 0) is 4.74 Å². The van der Waals surface area contributed by atoms with Gasteiger partial charge in [0.2, 0.25) is 0 Å². The molecular formula is C31H27N7O3. The molecule has 0 saturated carbocycles. The topological polar surface area (TPSA) is 142 Å². The van der Waals surface area contributed by atoms with E-state index in [0.717, 1.165) is 62.8 Å². The van der Waals surface area contributed by atoms with Crippen LogP contribution in [0.3, 0.4) is 0 Å². The van der Waals surface area contributed by atoms with Gasteiger partial charge in [-0.25, -0.2) is 9.97 Å². The Kier molecular flexibility index (Phi) is 5.90. The molecule has 3 aromatic heterocycles. The molecule has 1 aliphatic rings. The number of aromatic amines is 2. The lowest BCUT2D eigenvalue weighted by Gasteiger charge is -2.28. The molecule has 10 heteroatoms. The lowest BCUT2D eigenvalue weighted by Crippen LogP contribution is -2.36. The maximum atomic E-state index is 13.1. The predicted octanol–water partition coefficient (Wildman–Crippen LogP) is 4.76. The lowest BCUT2D eigenvalue weighted by atomic mass is 9.95. The van der Waals surface area contributed by atoms with Gasteiger partial charge in [0.25, 0.3) is 11.8 Å². The summed E-state index contributed by atoms with van der Waals surface area (Å²) in [5.41, 5.74) is 13.2. The van der Waals surface area contributed by atoms with Crippen LogP contribution in [0.25, 0.3) is 44.0 Å². The Balaban J connectivity index is 1.32. The number of hydrogen-bond acceptors (Lipinski definition) is 6. The summed E-state index contributed by atoms with van der Waals surface area (Å²) in [5.74, 6) is -0.708. The monoisotopic (exact) mass is 545 g/mol. The number of benzene rings is 3. The van der Waals surface area contributed by atoms with Crippen LogP contribution < -0.4 is 16.0 Å². The van der Waals surface area contributed by atoms with Gasteiger partial charge in [0.05, 0.1) is 29.8 Å². The first-order valence-corrected chi connectivity index (χ1v) is 13.4. The number of anilines is 2. The minimum absolute atomic E-state index is 0.180. The Hall–Kier alpha value is -5.22. The molecular weight excluding hydrogens is 518 g/mol. The third kappa shape index (κ3) is 4.25. The van der Waals surface area contributed by atoms with E-state index in [1.165, 1.54) is 0 Å². The second-order valence-electron chi connectivity index (χ2n) is 10.1. The number of hydrogen-bond donors (Lipinski definition) is 4. The number of amides is 2. The molecule has 6 aromatic rings. The number of pyridine rings is 1. The van der Waals surface area contributed by atoms with Gasteiger partial charge in [-0.3, -0.25) is 9.59 Å². The van der Waals surface area contributed by atoms with Gasteiger partial charge in [0.15, 0.2) is 11.5 Å². The van der Waals surface area contributed by atoms with E-state index < -0.39 is 5.91 Å². The highest BCUT2D eigenvalue weighted by Gasteiger charge is 2.21. The van der Waals surface area contributed by atoms with Gasteiger partial charge in [-0.1, -0.05) is 30.3 Å². The minimum Gasteiger partial charge on any atom is -0.378 e. The second kappa shape index (κ2) is 9.76. The number of carbonyl (C=O) groups is 2. The van der Waals surface area contributed by atoms with Crippen molar-refractivity contribution in [2.45, 2.75) is 6.92 Å². The van der Waals surface area contributed by atoms with Gasteiger partial charge in [-0.05, 0) is 48.4 Å². The van der Waals surface area contributed by atoms with E-state index in [4.69, 9.17) is 10.5 Å². The number of fused-ring (bicyclic) bond motifs is 4. The summed E-state index contributed by atoms with van der Waals surface area (Å²) in [6.07, 6.45) is 1.68. The molecule has 5 N–H and O–H groups in total. The fourth-order valence-electron chi connectivity index (χ4n) is 5.62. The second-order valence-corrected chi connectivity index (χ2v) is 10.1. The normalized spacial score (nSPS) is 13.7. The molecule has 0 bridgehead atoms. The van der Waals surface area contributed by atoms with Crippen molar-refractivity contribution in [3.63, 3.8) is 0 Å². The number of aromatic nitrogens is 4. The van der Waals surface area contributed by atoms with Crippen LogP contribution >= 0.6 is 0 Å². The molecule has 204 valence electrons. The number of morpholine rings is 1. The summed E-state index contributed by atoms with van der Waals surface area (Å²) in [7, 11) is 0. The summed E-state index contributed by atoms with van der Waals surface area (Å²) in [6, 6.07) is 19.5. The Morgan fingerprint density at radius 3 is 2.61 bits per heavy atom. The molecule has 0 atom stereocenters. The van der Waals surface area contributed by atoms with Crippen molar-refractivity contribution in [2.75, 3.05) is 36.5 Å². The zero-order valence-corrected chi connectivity index (χ0v) is 22.3. The summed E-state index contributed by atoms with van der Waals surface area (Å²) >= 11 is 0. The fourth-order valence-corrected chi connectivity index (χ4v) is 5.62. The molecule has 0 aliphatic carbocycles. The van der Waals surface area contributed by atoms with Crippen LogP contribution in [0.5, 0.6) is 0 Å². The van der Waals surface area contributed by atoms with Gasteiger partial charge in [-0.2, -0.15) is 0 Å². The molecule has 10 nitrogen and oxygen atoms in total. The van der Waals surface area contributed by atoms with Gasteiger partial charge in [0, 0.05) is 52.5 Å². The van der Waals surface area contributed by atoms with Crippen molar-refractivity contribution in [3.8, 4) is 11.1 Å². The molecule has 2 amide bonds. The highest BCUT2D eigenvalue weighted by molar-refractivity contribution is 6.19. The molecule has 7 rings (SSSR count). The van der Waals surface area contributed by atoms with Crippen molar-refractivity contribution in [2.24, 2.45) is 5.73 Å². The summed E-state index contributed by atoms with van der Waals surface area (Å²) in [4.78, 5) is 43.1. The number of rotatable bonds is 5. The molecule has 1 aliphatic heterocycles. The summed E-state index contributed by atoms with van der Waals surface area (Å²) in [5, 5.41) is 4.80. The Labute approximate surface area is 234 Å². The standard InChI is InChI=1S/C31H27N7O3/c1-17-19(5-4-8-22(17)37-31(40)30-35-23-6-2-3-7-24(23)36-30)21-16-33-28(29(32)39)27-26(21)20-10-9-18(15-25(20)34-27)38-11-13-41-14-12-38/h2-10,15-16,34H,11-14H2,1H3,(H2,32,39)(H,35,36)(H,37,40). The van der Waals surface area contributed by atoms with Crippen LogP contribution in [-0.4, -0.2) is 58.1 Å². The molecule has 0 unspecified atom stereocenters. The molecule has 1 saturated heterocycles. The number of para-hydroxylation sites is 2. The van der Waals surface area contributed by atoms with E-state index in [9.17, 15) is 9.59 Å². The van der Waals surface area contributed by atoms with Crippen molar-refractivity contribution < 1.29 is 14.3 Å². The maximum absolute atomic E-state index is 13.1. The largest absolute Gasteiger partial charge is 0.378 e. The van der Waals surface area contributed by atoms with E-state index >= 15 is 0 Å². The molecule has 4 heterocycles. The van der Waals surface area contributed by atoms with Crippen LogP contribution in [0.15, 0.2) is 66.9 Å². The molecule has 0 spiro atoms. The Morgan fingerprint density at radius 1 is 0.976 bits per heavy atom. The number of imidazole rings is 1. The number of nitrogens with one attached hydrogen (secondary N) is 3. The molecule has 1 fully saturated rings. The Morgan fingerprint density at radius 2 is 1.80 bits per heavy atom. The van der Waals surface area contributed by atoms with Gasteiger partial charge in [0.1, 0.15) is 0 Å². The SMILES string of the molecule is Cc1c(NC(=O)c2nc3ccccc3[nH]2)cccc1-c1cnc(C(N)=O)c2[nH]c3cc(N4CCOCC4)ccc3c12. The Bertz CT molecular complexity index is 1950. The highest BCUT2D eigenvalue weighted by atomic mass is 16.5. The number of carbonyl (C=O) groups excluding carboxylic acids is 2. The van der Waals surface area contributed by atoms with Crippen LogP contribution in [0.4, 0.5) is 11.4 Å². The number of nitrogens with two attached hydrogens (primary N) is 1. The molecule has 3 aromatic carbocycles. The first kappa shape index (κ1) is 24.8. The van der Waals surface area contributed by atoms with Crippen LogP contribution in [0.2, 0.25) is 0 Å². The van der Waals surface area contributed by atoms with Gasteiger partial charge in [-0.15, -0.1) is 0 Å². The first-order chi connectivity index (χ1) is 20.0. The fraction of sp³-hybridized carbons (Fsp3) is 0.161. The number of ether oxygens (including phenoxy) is 1. The summed E-state index contributed by atoms with van der Waals surface area (Å²) in [6.45, 7) is 4.96. The summed E-state index contributed by atoms with van der Waals surface area (Å²) < 4.78 is 5.51. The highest BCUT2D eigenvalue weighted by Crippen LogP contribution is 2.39. The predicted molar refractivity (Wildman–Crippen MR) is 159 cm³/mol. The molecule has 41 heavy (non-hydrogen) atoms. The van der Waals surface area contributed by atoms with Crippen LogP contribution in [0.1, 0.15) is 26.7 Å². The quantitative estimate of drug-likeness (QED) is 0.246. The third-order valence-corrected chi connectivity index (χ3v) is 7.70. The zero-order chi connectivity index (χ0) is 28.1. The van der Waals surface area contributed by atoms with Crippen molar-refractivity contribution in [1.29, 1.82) is 0 Å². The number of H-pyrrole nitrogens is 2. The third-order valence-electron chi connectivity index (χ3n) is 7.70. The lowest BCUT2D eigenvalue weighted by molar-refractivity contribution is 0.0994. The first-order valence-electron chi connectivity index (χ1n) is 13.4. The molecule has 0 radical (unpaired) electrons. The number of primary amides is 1.